The molecule has 18 heavy (non-hydrogen) atoms. The molecule has 0 spiro atoms. The topological polar surface area (TPSA) is 26.3 Å². The second-order valence-corrected chi connectivity index (χ2v) is 6.80. The molecule has 2 aliphatic rings. The van der Waals surface area contributed by atoms with Crippen molar-refractivity contribution in [2.24, 2.45) is 5.92 Å². The Hall–Kier alpha value is -0.960. The van der Waals surface area contributed by atoms with E-state index in [9.17, 15) is 4.79 Å². The lowest BCUT2D eigenvalue weighted by Gasteiger charge is -2.26. The van der Waals surface area contributed by atoms with Gasteiger partial charge in [-0.15, -0.1) is 0 Å². The molecule has 2 aliphatic heterocycles. The quantitative estimate of drug-likeness (QED) is 0.779. The Morgan fingerprint density at radius 2 is 1.89 bits per heavy atom. The molecule has 2 atom stereocenters. The molecule has 0 saturated carbocycles. The highest BCUT2D eigenvalue weighted by Gasteiger charge is 2.38. The summed E-state index contributed by atoms with van der Waals surface area (Å²) in [7, 11) is 1.63. The molecule has 0 radical (unpaired) electrons. The summed E-state index contributed by atoms with van der Waals surface area (Å²) in [6.07, 6.45) is 4.70. The van der Waals surface area contributed by atoms with Gasteiger partial charge in [-0.05, 0) is 37.8 Å². The van der Waals surface area contributed by atoms with Crippen LogP contribution in [0.5, 0.6) is 5.75 Å². The van der Waals surface area contributed by atoms with Crippen LogP contribution in [0.15, 0.2) is 24.3 Å². The number of benzene rings is 1. The van der Waals surface area contributed by atoms with Gasteiger partial charge in [0.2, 0.25) is 0 Å². The minimum absolute atomic E-state index is 0.208. The van der Waals surface area contributed by atoms with Crippen LogP contribution in [0.3, 0.4) is 0 Å². The van der Waals surface area contributed by atoms with Gasteiger partial charge in [0.25, 0.3) is 0 Å². The first-order valence-electron chi connectivity index (χ1n) is 6.60. The maximum Gasteiger partial charge on any atom is 0.169 e. The van der Waals surface area contributed by atoms with Crippen molar-refractivity contribution in [3.05, 3.63) is 29.8 Å². The predicted octanol–water partition coefficient (Wildman–Crippen LogP) is 3.55. The molecular formula is C15H18O2S. The van der Waals surface area contributed by atoms with E-state index >= 15 is 0 Å². The second-order valence-electron chi connectivity index (χ2n) is 5.19. The zero-order valence-electron chi connectivity index (χ0n) is 10.6. The number of Topliss-reactive ketones (excluding diaryl/α,β-unsaturated/α-hetero) is 1. The van der Waals surface area contributed by atoms with Crippen molar-refractivity contribution in [3.63, 3.8) is 0 Å². The lowest BCUT2D eigenvalue weighted by atomic mass is 9.90. The first kappa shape index (κ1) is 12.1. The number of hydrogen-bond acceptors (Lipinski definition) is 3. The Labute approximate surface area is 112 Å². The van der Waals surface area contributed by atoms with Gasteiger partial charge in [-0.25, -0.2) is 0 Å². The fourth-order valence-corrected chi connectivity index (χ4v) is 4.92. The van der Waals surface area contributed by atoms with E-state index in [1.807, 2.05) is 24.3 Å². The Balaban J connectivity index is 1.82. The van der Waals surface area contributed by atoms with Gasteiger partial charge >= 0.3 is 0 Å². The van der Waals surface area contributed by atoms with Gasteiger partial charge in [-0.2, -0.15) is 11.8 Å². The van der Waals surface area contributed by atoms with Crippen molar-refractivity contribution in [1.29, 1.82) is 0 Å². The number of methoxy groups -OCH3 is 1. The molecule has 3 rings (SSSR count). The molecule has 1 aromatic rings. The number of ketones is 1. The van der Waals surface area contributed by atoms with Gasteiger partial charge in [-0.1, -0.05) is 12.1 Å². The van der Waals surface area contributed by atoms with Crippen molar-refractivity contribution in [3.8, 4) is 5.75 Å². The van der Waals surface area contributed by atoms with E-state index in [4.69, 9.17) is 4.74 Å². The highest BCUT2D eigenvalue weighted by Crippen LogP contribution is 2.46. The first-order chi connectivity index (χ1) is 8.78. The molecule has 2 nitrogen and oxygen atoms in total. The molecule has 2 saturated heterocycles. The fourth-order valence-electron chi connectivity index (χ4n) is 3.14. The third-order valence-corrected chi connectivity index (χ3v) is 5.66. The van der Waals surface area contributed by atoms with E-state index in [0.29, 0.717) is 16.2 Å². The highest BCUT2D eigenvalue weighted by atomic mass is 32.2. The molecular weight excluding hydrogens is 244 g/mol. The third kappa shape index (κ3) is 2.16. The van der Waals surface area contributed by atoms with Crippen LogP contribution in [0.2, 0.25) is 0 Å². The molecule has 2 bridgehead atoms. The Morgan fingerprint density at radius 3 is 2.56 bits per heavy atom. The van der Waals surface area contributed by atoms with E-state index in [1.165, 1.54) is 12.8 Å². The van der Waals surface area contributed by atoms with Gasteiger partial charge in [0, 0.05) is 16.4 Å². The molecule has 96 valence electrons. The zero-order valence-corrected chi connectivity index (χ0v) is 11.4. The van der Waals surface area contributed by atoms with Gasteiger partial charge in [0.1, 0.15) is 5.75 Å². The summed E-state index contributed by atoms with van der Waals surface area (Å²) < 4.78 is 5.30. The number of para-hydroxylation sites is 1. The van der Waals surface area contributed by atoms with Crippen LogP contribution in [0.4, 0.5) is 0 Å². The number of carbonyl (C=O) groups excluding carboxylic acids is 1. The van der Waals surface area contributed by atoms with Crippen LogP contribution in [0.25, 0.3) is 0 Å². The lowest BCUT2D eigenvalue weighted by molar-refractivity contribution is 0.0904. The van der Waals surface area contributed by atoms with Gasteiger partial charge < -0.3 is 4.74 Å². The monoisotopic (exact) mass is 262 g/mol. The molecule has 0 amide bonds. The predicted molar refractivity (Wildman–Crippen MR) is 74.4 cm³/mol. The van der Waals surface area contributed by atoms with E-state index in [-0.39, 0.29) is 11.7 Å². The molecule has 0 aliphatic carbocycles. The van der Waals surface area contributed by atoms with E-state index in [2.05, 4.69) is 11.8 Å². The van der Waals surface area contributed by atoms with E-state index in [1.54, 1.807) is 7.11 Å². The van der Waals surface area contributed by atoms with Crippen molar-refractivity contribution < 1.29 is 9.53 Å². The maximum atomic E-state index is 12.6. The van der Waals surface area contributed by atoms with Crippen molar-refractivity contribution in [1.82, 2.24) is 0 Å². The highest BCUT2D eigenvalue weighted by molar-refractivity contribution is 8.00. The Kier molecular flexibility index (Phi) is 3.33. The summed E-state index contributed by atoms with van der Waals surface area (Å²) >= 11 is 2.10. The van der Waals surface area contributed by atoms with Crippen molar-refractivity contribution in [2.75, 3.05) is 7.11 Å². The number of rotatable bonds is 3. The smallest absolute Gasteiger partial charge is 0.169 e. The summed E-state index contributed by atoms with van der Waals surface area (Å²) in [5.74, 6) is 1.21. The third-order valence-electron chi connectivity index (χ3n) is 4.03. The van der Waals surface area contributed by atoms with Crippen LogP contribution < -0.4 is 4.74 Å². The number of carbonyl (C=O) groups is 1. The minimum atomic E-state index is 0.208. The number of ether oxygens (including phenoxy) is 1. The molecule has 0 N–H and O–H groups in total. The Bertz CT molecular complexity index is 446. The molecule has 2 fully saturated rings. The molecule has 2 unspecified atom stereocenters. The number of fused-ring (bicyclic) bond motifs is 2. The van der Waals surface area contributed by atoms with Crippen LogP contribution in [0.1, 0.15) is 36.0 Å². The van der Waals surface area contributed by atoms with Crippen LogP contribution >= 0.6 is 11.8 Å². The first-order valence-corrected chi connectivity index (χ1v) is 7.55. The average molecular weight is 262 g/mol. The van der Waals surface area contributed by atoms with Gasteiger partial charge in [0.15, 0.2) is 5.78 Å². The zero-order chi connectivity index (χ0) is 12.5. The van der Waals surface area contributed by atoms with Gasteiger partial charge in [-0.3, -0.25) is 4.79 Å². The van der Waals surface area contributed by atoms with E-state index < -0.39 is 0 Å². The normalized spacial score (nSPS) is 30.2. The Morgan fingerprint density at radius 1 is 1.22 bits per heavy atom. The van der Waals surface area contributed by atoms with E-state index in [0.717, 1.165) is 18.4 Å². The van der Waals surface area contributed by atoms with Crippen LogP contribution in [-0.2, 0) is 0 Å². The largest absolute Gasteiger partial charge is 0.496 e. The lowest BCUT2D eigenvalue weighted by Crippen LogP contribution is -2.25. The van der Waals surface area contributed by atoms with Gasteiger partial charge in [0.05, 0.1) is 12.7 Å². The standard InChI is InChI=1S/C15H18O2S/c1-17-14-5-3-2-4-13(14)15(16)10-8-11-6-7-12(9-10)18-11/h2-5,10-12H,6-9H2,1H3. The molecule has 0 aromatic heterocycles. The molecule has 1 aromatic carbocycles. The molecule has 3 heteroatoms. The molecule has 2 heterocycles. The summed E-state index contributed by atoms with van der Waals surface area (Å²) in [5, 5.41) is 1.43. The SMILES string of the molecule is COc1ccccc1C(=O)C1CC2CCC(C1)S2. The second kappa shape index (κ2) is 4.96. The number of hydrogen-bond donors (Lipinski definition) is 0. The summed E-state index contributed by atoms with van der Waals surface area (Å²) in [6, 6.07) is 7.60. The van der Waals surface area contributed by atoms with Crippen molar-refractivity contribution >= 4 is 17.5 Å². The average Bonchev–Trinajstić information content (AvgIpc) is 2.76. The number of thioether (sulfide) groups is 1. The van der Waals surface area contributed by atoms with Crippen LogP contribution in [0, 0.1) is 5.92 Å². The fraction of sp³-hybridized carbons (Fsp3) is 0.533. The summed E-state index contributed by atoms with van der Waals surface area (Å²) in [5.41, 5.74) is 0.760. The van der Waals surface area contributed by atoms with Crippen molar-refractivity contribution in [2.45, 2.75) is 36.2 Å². The maximum absolute atomic E-state index is 12.6. The minimum Gasteiger partial charge on any atom is -0.496 e. The van der Waals surface area contributed by atoms with Crippen LogP contribution in [-0.4, -0.2) is 23.4 Å². The summed E-state index contributed by atoms with van der Waals surface area (Å²) in [6.45, 7) is 0. The summed E-state index contributed by atoms with van der Waals surface area (Å²) in [4.78, 5) is 12.6.